The molecule has 0 atom stereocenters. The molecule has 27 heavy (non-hydrogen) atoms. The summed E-state index contributed by atoms with van der Waals surface area (Å²) in [5.41, 5.74) is 2.96. The first-order valence-corrected chi connectivity index (χ1v) is 8.68. The van der Waals surface area contributed by atoms with Crippen LogP contribution in [0, 0.1) is 5.82 Å². The van der Waals surface area contributed by atoms with Crippen LogP contribution < -0.4 is 10.3 Å². The third-order valence-electron chi connectivity index (χ3n) is 4.63. The second-order valence-electron chi connectivity index (χ2n) is 6.31. The van der Waals surface area contributed by atoms with E-state index in [9.17, 15) is 9.18 Å². The molecule has 3 aromatic carbocycles. The molecule has 1 aromatic heterocycles. The fourth-order valence-electron chi connectivity index (χ4n) is 3.44. The maximum absolute atomic E-state index is 13.6. The van der Waals surface area contributed by atoms with Gasteiger partial charge < -0.3 is 9.30 Å². The van der Waals surface area contributed by atoms with E-state index in [0.29, 0.717) is 0 Å². The van der Waals surface area contributed by atoms with Crippen LogP contribution in [-0.4, -0.2) is 11.7 Å². The van der Waals surface area contributed by atoms with Crippen molar-refractivity contribution in [1.82, 2.24) is 4.57 Å². The van der Waals surface area contributed by atoms with Crippen molar-refractivity contribution < 1.29 is 9.13 Å². The van der Waals surface area contributed by atoms with Crippen LogP contribution in [0.15, 0.2) is 83.7 Å². The summed E-state index contributed by atoms with van der Waals surface area (Å²) in [6.07, 6.45) is 0. The normalized spacial score (nSPS) is 10.9. The van der Waals surface area contributed by atoms with E-state index < -0.39 is 0 Å². The molecule has 4 rings (SSSR count). The largest absolute Gasteiger partial charge is 0.491 e. The summed E-state index contributed by atoms with van der Waals surface area (Å²) < 4.78 is 20.8. The van der Waals surface area contributed by atoms with Gasteiger partial charge in [0.2, 0.25) is 0 Å². The lowest BCUT2D eigenvalue weighted by atomic mass is 9.99. The lowest BCUT2D eigenvalue weighted by Gasteiger charge is -2.17. The molecule has 0 aliphatic carbocycles. The van der Waals surface area contributed by atoms with Gasteiger partial charge in [-0.25, -0.2) is 4.39 Å². The summed E-state index contributed by atoms with van der Waals surface area (Å²) in [7, 11) is 1.50. The number of rotatable bonds is 4. The summed E-state index contributed by atoms with van der Waals surface area (Å²) >= 11 is 0. The highest BCUT2D eigenvalue weighted by atomic mass is 19.1. The number of methoxy groups -OCH3 is 1. The minimum absolute atomic E-state index is 0.237. The maximum atomic E-state index is 13.6. The van der Waals surface area contributed by atoms with E-state index in [1.54, 1.807) is 10.6 Å². The fourth-order valence-corrected chi connectivity index (χ4v) is 3.44. The second-order valence-corrected chi connectivity index (χ2v) is 6.31. The third-order valence-corrected chi connectivity index (χ3v) is 4.63. The molecule has 0 bridgehead atoms. The number of ether oxygens (including phenoxy) is 1. The molecule has 4 aromatic rings. The van der Waals surface area contributed by atoms with Gasteiger partial charge in [-0.1, -0.05) is 60.7 Å². The summed E-state index contributed by atoms with van der Waals surface area (Å²) in [6.45, 7) is 0.266. The molecule has 0 N–H and O–H groups in total. The molecule has 0 aliphatic heterocycles. The monoisotopic (exact) mass is 359 g/mol. The van der Waals surface area contributed by atoms with Gasteiger partial charge >= 0.3 is 0 Å². The lowest BCUT2D eigenvalue weighted by molar-refractivity contribution is 0.407. The molecule has 0 saturated carbocycles. The van der Waals surface area contributed by atoms with Crippen LogP contribution in [0.5, 0.6) is 5.75 Å². The molecule has 4 heteroatoms. The topological polar surface area (TPSA) is 31.2 Å². The van der Waals surface area contributed by atoms with Gasteiger partial charge in [-0.3, -0.25) is 4.79 Å². The van der Waals surface area contributed by atoms with Gasteiger partial charge in [0.1, 0.15) is 5.82 Å². The first kappa shape index (κ1) is 17.0. The van der Waals surface area contributed by atoms with E-state index in [1.807, 2.05) is 60.7 Å². The quantitative estimate of drug-likeness (QED) is 0.521. The van der Waals surface area contributed by atoms with Gasteiger partial charge in [-0.2, -0.15) is 0 Å². The van der Waals surface area contributed by atoms with Gasteiger partial charge in [0.15, 0.2) is 5.75 Å². The zero-order chi connectivity index (χ0) is 18.8. The molecule has 1 heterocycles. The third kappa shape index (κ3) is 3.10. The zero-order valence-electron chi connectivity index (χ0n) is 14.9. The van der Waals surface area contributed by atoms with Gasteiger partial charge in [-0.05, 0) is 29.3 Å². The molecule has 0 unspecified atom stereocenters. The van der Waals surface area contributed by atoms with Gasteiger partial charge in [0.05, 0.1) is 19.2 Å². The maximum Gasteiger partial charge on any atom is 0.294 e. The van der Waals surface area contributed by atoms with Crippen LogP contribution in [0.1, 0.15) is 5.56 Å². The van der Waals surface area contributed by atoms with Crippen molar-refractivity contribution in [2.45, 2.75) is 6.54 Å². The van der Waals surface area contributed by atoms with Crippen molar-refractivity contribution in [3.63, 3.8) is 0 Å². The standard InChI is InChI=1S/C23H18FNO2/c1-27-22-21(17-9-3-2-4-10-17)19-12-5-6-13-20(19)25(23(22)26)15-16-8-7-11-18(24)14-16/h2-14H,15H2,1H3. The van der Waals surface area contributed by atoms with Crippen molar-refractivity contribution >= 4 is 10.9 Å². The van der Waals surface area contributed by atoms with Crippen LogP contribution in [0.25, 0.3) is 22.0 Å². The number of para-hydroxylation sites is 1. The molecule has 134 valence electrons. The van der Waals surface area contributed by atoms with Crippen LogP contribution in [-0.2, 0) is 6.54 Å². The van der Waals surface area contributed by atoms with E-state index >= 15 is 0 Å². The van der Waals surface area contributed by atoms with Crippen molar-refractivity contribution in [3.05, 3.63) is 101 Å². The van der Waals surface area contributed by atoms with E-state index in [-0.39, 0.29) is 23.7 Å². The first-order valence-electron chi connectivity index (χ1n) is 8.68. The Balaban J connectivity index is 2.02. The molecule has 0 fully saturated rings. The van der Waals surface area contributed by atoms with Crippen LogP contribution in [0.4, 0.5) is 4.39 Å². The second kappa shape index (κ2) is 7.08. The number of nitrogens with zero attached hydrogens (tertiary/aromatic N) is 1. The number of benzene rings is 3. The zero-order valence-corrected chi connectivity index (χ0v) is 14.9. The summed E-state index contributed by atoms with van der Waals surface area (Å²) in [5, 5.41) is 0.913. The molecule has 0 aliphatic rings. The van der Waals surface area contributed by atoms with Crippen LogP contribution in [0.3, 0.4) is 0 Å². The molecule has 0 saturated heterocycles. The van der Waals surface area contributed by atoms with Crippen molar-refractivity contribution in [3.8, 4) is 16.9 Å². The Morgan fingerprint density at radius 1 is 0.926 bits per heavy atom. The smallest absolute Gasteiger partial charge is 0.294 e. The molecular formula is C23H18FNO2. The van der Waals surface area contributed by atoms with Gasteiger partial charge in [0, 0.05) is 10.9 Å². The average Bonchev–Trinajstić information content (AvgIpc) is 2.70. The predicted octanol–water partition coefficient (Wildman–Crippen LogP) is 4.86. The highest BCUT2D eigenvalue weighted by Gasteiger charge is 2.18. The van der Waals surface area contributed by atoms with E-state index in [2.05, 4.69) is 0 Å². The molecule has 0 amide bonds. The van der Waals surface area contributed by atoms with Crippen molar-refractivity contribution in [2.24, 2.45) is 0 Å². The van der Waals surface area contributed by atoms with Gasteiger partial charge in [-0.15, -0.1) is 0 Å². The van der Waals surface area contributed by atoms with E-state index in [4.69, 9.17) is 4.74 Å². The highest BCUT2D eigenvalue weighted by molar-refractivity contribution is 5.97. The highest BCUT2D eigenvalue weighted by Crippen LogP contribution is 2.34. The van der Waals surface area contributed by atoms with Crippen molar-refractivity contribution in [2.75, 3.05) is 7.11 Å². The van der Waals surface area contributed by atoms with E-state index in [1.165, 1.54) is 19.2 Å². The first-order chi connectivity index (χ1) is 13.2. The lowest BCUT2D eigenvalue weighted by Crippen LogP contribution is -2.23. The summed E-state index contributed by atoms with van der Waals surface area (Å²) in [4.78, 5) is 13.2. The van der Waals surface area contributed by atoms with Crippen LogP contribution >= 0.6 is 0 Å². The minimum Gasteiger partial charge on any atom is -0.491 e. The molecular weight excluding hydrogens is 341 g/mol. The Hall–Kier alpha value is -3.40. The van der Waals surface area contributed by atoms with E-state index in [0.717, 1.165) is 27.6 Å². The van der Waals surface area contributed by atoms with Crippen LogP contribution in [0.2, 0.25) is 0 Å². The number of pyridine rings is 1. The number of hydrogen-bond acceptors (Lipinski definition) is 2. The number of hydrogen-bond donors (Lipinski definition) is 0. The number of halogens is 1. The summed E-state index contributed by atoms with van der Waals surface area (Å²) in [6, 6.07) is 23.7. The number of fused-ring (bicyclic) bond motifs is 1. The van der Waals surface area contributed by atoms with Gasteiger partial charge in [0.25, 0.3) is 5.56 Å². The SMILES string of the molecule is COc1c(-c2ccccc2)c2ccccc2n(Cc2cccc(F)c2)c1=O. The molecule has 0 spiro atoms. The van der Waals surface area contributed by atoms with Crippen molar-refractivity contribution in [1.29, 1.82) is 0 Å². The Kier molecular flexibility index (Phi) is 4.47. The molecule has 3 nitrogen and oxygen atoms in total. The fraction of sp³-hybridized carbons (Fsp3) is 0.0870. The average molecular weight is 359 g/mol. The molecule has 0 radical (unpaired) electrons. The predicted molar refractivity (Wildman–Crippen MR) is 106 cm³/mol. The Morgan fingerprint density at radius 2 is 1.67 bits per heavy atom. The Labute approximate surface area is 156 Å². The minimum atomic E-state index is -0.322. The Bertz CT molecular complexity index is 1170. The Morgan fingerprint density at radius 3 is 2.41 bits per heavy atom. The number of aromatic nitrogens is 1. The summed E-state index contributed by atoms with van der Waals surface area (Å²) in [5.74, 6) is -0.0333.